The number of rotatable bonds is 10. The molecule has 0 aliphatic heterocycles. The number of para-hydroxylation sites is 1. The van der Waals surface area contributed by atoms with Crippen molar-refractivity contribution in [3.8, 4) is 5.75 Å². The zero-order chi connectivity index (χ0) is 23.6. The normalized spacial score (nSPS) is 15.1. The van der Waals surface area contributed by atoms with Crippen LogP contribution in [-0.2, 0) is 16.1 Å². The Bertz CT molecular complexity index is 935. The monoisotopic (exact) mass is 479 g/mol. The highest BCUT2D eigenvalue weighted by Crippen LogP contribution is 2.24. The van der Waals surface area contributed by atoms with E-state index in [-0.39, 0.29) is 30.2 Å². The maximum Gasteiger partial charge on any atom is 0.321 e. The van der Waals surface area contributed by atoms with Gasteiger partial charge >= 0.3 is 6.03 Å². The first kappa shape index (κ1) is 25.0. The van der Waals surface area contributed by atoms with Gasteiger partial charge in [-0.15, -0.1) is 10.2 Å². The van der Waals surface area contributed by atoms with E-state index in [1.807, 2.05) is 6.92 Å². The third-order valence-electron chi connectivity index (χ3n) is 5.30. The molecule has 9 nitrogen and oxygen atoms in total. The lowest BCUT2D eigenvalue weighted by Gasteiger charge is -2.22. The highest BCUT2D eigenvalue weighted by molar-refractivity contribution is 7.99. The van der Waals surface area contributed by atoms with E-state index < -0.39 is 17.8 Å². The van der Waals surface area contributed by atoms with Gasteiger partial charge in [-0.25, -0.2) is 9.18 Å². The van der Waals surface area contributed by atoms with E-state index in [1.165, 1.54) is 18.6 Å². The van der Waals surface area contributed by atoms with Crippen LogP contribution in [0.2, 0.25) is 0 Å². The molecule has 1 aliphatic carbocycles. The quantitative estimate of drug-likeness (QED) is 0.503. The molecule has 1 aromatic heterocycles. The van der Waals surface area contributed by atoms with Gasteiger partial charge in [0.15, 0.2) is 22.5 Å². The predicted octanol–water partition coefficient (Wildman–Crippen LogP) is 3.45. The molecule has 33 heavy (non-hydrogen) atoms. The second-order valence-electron chi connectivity index (χ2n) is 7.94. The summed E-state index contributed by atoms with van der Waals surface area (Å²) in [7, 11) is 1.58. The number of nitrogens with one attached hydrogen (secondary N) is 2. The van der Waals surface area contributed by atoms with Gasteiger partial charge in [0.25, 0.3) is 0 Å². The molecule has 1 saturated carbocycles. The number of carbonyl (C=O) groups is 2. The van der Waals surface area contributed by atoms with E-state index in [0.29, 0.717) is 17.6 Å². The Labute approximate surface area is 196 Å². The van der Waals surface area contributed by atoms with Crippen LogP contribution in [0, 0.1) is 5.82 Å². The number of halogens is 1. The molecule has 1 atom stereocenters. The van der Waals surface area contributed by atoms with E-state index in [1.54, 1.807) is 23.8 Å². The van der Waals surface area contributed by atoms with Crippen molar-refractivity contribution in [3.63, 3.8) is 0 Å². The largest absolute Gasteiger partial charge is 0.483 e. The molecule has 1 heterocycles. The van der Waals surface area contributed by atoms with Crippen molar-refractivity contribution in [3.05, 3.63) is 35.9 Å². The number of methoxy groups -OCH3 is 1. The molecule has 1 aliphatic rings. The van der Waals surface area contributed by atoms with Crippen LogP contribution >= 0.6 is 11.8 Å². The molecule has 0 spiro atoms. The van der Waals surface area contributed by atoms with Crippen LogP contribution in [0.25, 0.3) is 0 Å². The lowest BCUT2D eigenvalue weighted by molar-refractivity contribution is -0.117. The van der Waals surface area contributed by atoms with Crippen LogP contribution < -0.4 is 15.4 Å². The molecular weight excluding hydrogens is 449 g/mol. The van der Waals surface area contributed by atoms with Crippen LogP contribution in [0.4, 0.5) is 9.18 Å². The number of ether oxygens (including phenoxy) is 2. The smallest absolute Gasteiger partial charge is 0.321 e. The summed E-state index contributed by atoms with van der Waals surface area (Å²) in [6.45, 7) is 2.30. The van der Waals surface area contributed by atoms with Crippen LogP contribution in [0.5, 0.6) is 5.75 Å². The Balaban J connectivity index is 1.58. The number of hydrogen-bond acceptors (Lipinski definition) is 7. The predicted molar refractivity (Wildman–Crippen MR) is 122 cm³/mol. The van der Waals surface area contributed by atoms with Gasteiger partial charge in [-0.05, 0) is 31.9 Å². The minimum Gasteiger partial charge on any atom is -0.483 e. The fourth-order valence-electron chi connectivity index (χ4n) is 3.73. The number of carbonyl (C=O) groups excluding carboxylic acids is 2. The summed E-state index contributed by atoms with van der Waals surface area (Å²) in [5.41, 5.74) is 0. The molecule has 180 valence electrons. The number of nitrogens with zero attached hydrogens (tertiary/aromatic N) is 3. The number of imide groups is 1. The van der Waals surface area contributed by atoms with Crippen molar-refractivity contribution < 1.29 is 23.5 Å². The van der Waals surface area contributed by atoms with Crippen molar-refractivity contribution >= 4 is 23.7 Å². The number of aromatic nitrogens is 3. The summed E-state index contributed by atoms with van der Waals surface area (Å²) < 4.78 is 26.5. The van der Waals surface area contributed by atoms with E-state index in [2.05, 4.69) is 20.8 Å². The molecule has 0 saturated heterocycles. The minimum atomic E-state index is -0.472. The third-order valence-corrected chi connectivity index (χ3v) is 6.25. The number of benzene rings is 1. The van der Waals surface area contributed by atoms with Crippen molar-refractivity contribution in [2.75, 3.05) is 19.5 Å². The summed E-state index contributed by atoms with van der Waals surface area (Å²) in [5, 5.41) is 14.0. The highest BCUT2D eigenvalue weighted by Gasteiger charge is 2.21. The minimum absolute atomic E-state index is 0.00145. The van der Waals surface area contributed by atoms with Crippen molar-refractivity contribution in [1.29, 1.82) is 0 Å². The topological polar surface area (TPSA) is 107 Å². The Morgan fingerprint density at radius 3 is 2.73 bits per heavy atom. The Morgan fingerprint density at radius 1 is 1.24 bits per heavy atom. The van der Waals surface area contributed by atoms with Crippen molar-refractivity contribution in [1.82, 2.24) is 25.4 Å². The first-order chi connectivity index (χ1) is 16.0. The molecule has 3 amide bonds. The molecule has 0 bridgehead atoms. The first-order valence-corrected chi connectivity index (χ1v) is 12.0. The van der Waals surface area contributed by atoms with Gasteiger partial charge < -0.3 is 14.8 Å². The van der Waals surface area contributed by atoms with E-state index in [9.17, 15) is 14.0 Å². The van der Waals surface area contributed by atoms with Gasteiger partial charge in [0.1, 0.15) is 6.61 Å². The average molecular weight is 480 g/mol. The molecular formula is C22H30FN5O4S. The summed E-state index contributed by atoms with van der Waals surface area (Å²) in [5.74, 6) is -0.313. The maximum absolute atomic E-state index is 13.9. The van der Waals surface area contributed by atoms with E-state index in [4.69, 9.17) is 9.47 Å². The summed E-state index contributed by atoms with van der Waals surface area (Å²) in [6, 6.07) is 5.62. The Hall–Kier alpha value is -2.66. The van der Waals surface area contributed by atoms with Crippen LogP contribution in [0.15, 0.2) is 29.4 Å². The number of urea groups is 1. The van der Waals surface area contributed by atoms with Gasteiger partial charge in [-0.2, -0.15) is 0 Å². The molecule has 0 radical (unpaired) electrons. The third kappa shape index (κ3) is 7.43. The SMILES string of the molecule is COC[C@@H](C)n1c(COc2ccccc2F)nnc1SCC(=O)NC(=O)NC1CCCCC1. The average Bonchev–Trinajstić information content (AvgIpc) is 3.21. The summed E-state index contributed by atoms with van der Waals surface area (Å²) in [4.78, 5) is 24.4. The molecule has 2 aromatic rings. The fourth-order valence-corrected chi connectivity index (χ4v) is 4.58. The maximum atomic E-state index is 13.9. The number of hydrogen-bond donors (Lipinski definition) is 2. The molecule has 1 fully saturated rings. The molecule has 3 rings (SSSR count). The van der Waals surface area contributed by atoms with Gasteiger partial charge in [-0.1, -0.05) is 43.2 Å². The van der Waals surface area contributed by atoms with Crippen molar-refractivity contribution in [2.45, 2.75) is 62.9 Å². The molecule has 0 unspecified atom stereocenters. The molecule has 1 aromatic carbocycles. The second-order valence-corrected chi connectivity index (χ2v) is 8.88. The van der Waals surface area contributed by atoms with Crippen molar-refractivity contribution in [2.24, 2.45) is 0 Å². The lowest BCUT2D eigenvalue weighted by atomic mass is 9.96. The highest BCUT2D eigenvalue weighted by atomic mass is 32.2. The summed E-state index contributed by atoms with van der Waals surface area (Å²) in [6.07, 6.45) is 5.24. The number of thioether (sulfide) groups is 1. The first-order valence-electron chi connectivity index (χ1n) is 11.0. The van der Waals surface area contributed by atoms with Gasteiger partial charge in [0.05, 0.1) is 18.4 Å². The standard InChI is InChI=1S/C22H30FN5O4S/c1-15(12-31-2)28-19(13-32-18-11-7-6-10-17(18)23)26-27-22(28)33-14-20(29)25-21(30)24-16-8-4-3-5-9-16/h6-7,10-11,15-16H,3-5,8-9,12-14H2,1-2H3,(H2,24,25,29,30)/t15-/m1/s1. The molecule has 11 heteroatoms. The molecule has 2 N–H and O–H groups in total. The zero-order valence-electron chi connectivity index (χ0n) is 18.9. The fraction of sp³-hybridized carbons (Fsp3) is 0.545. The van der Waals surface area contributed by atoms with Crippen LogP contribution in [0.3, 0.4) is 0 Å². The zero-order valence-corrected chi connectivity index (χ0v) is 19.7. The van der Waals surface area contributed by atoms with Crippen LogP contribution in [-0.4, -0.2) is 52.2 Å². The Kier molecular flexibility index (Phi) is 9.49. The van der Waals surface area contributed by atoms with Gasteiger partial charge in [-0.3, -0.25) is 14.7 Å². The van der Waals surface area contributed by atoms with Gasteiger partial charge in [0, 0.05) is 13.2 Å². The number of amides is 3. The van der Waals surface area contributed by atoms with E-state index >= 15 is 0 Å². The lowest BCUT2D eigenvalue weighted by Crippen LogP contribution is -2.45. The van der Waals surface area contributed by atoms with Crippen LogP contribution in [0.1, 0.15) is 50.9 Å². The van der Waals surface area contributed by atoms with Gasteiger partial charge in [0.2, 0.25) is 5.91 Å². The second kappa shape index (κ2) is 12.5. The summed E-state index contributed by atoms with van der Waals surface area (Å²) >= 11 is 1.16. The van der Waals surface area contributed by atoms with E-state index in [0.717, 1.165) is 37.4 Å². The Morgan fingerprint density at radius 2 is 2.00 bits per heavy atom.